The molecule has 0 fully saturated rings. The highest BCUT2D eigenvalue weighted by Crippen LogP contribution is 2.27. The Morgan fingerprint density at radius 2 is 1.76 bits per heavy atom. The third kappa shape index (κ3) is 6.29. The molecule has 3 aromatic rings. The standard InChI is InChI=1S/C24H27N5O3S/c1-5-29-21(17-10-12-19(13-11-17)24(2,3)4)27-28-23(29)33-15-20(30)26-25-14-16-6-8-18(9-7-16)22(31)32/h6-14H,5,15H2,1-4H3,(H,26,30)(H,31,32)/b25-14-. The number of aromatic nitrogens is 3. The summed E-state index contributed by atoms with van der Waals surface area (Å²) in [6, 6.07) is 14.5. The lowest BCUT2D eigenvalue weighted by atomic mass is 9.87. The minimum absolute atomic E-state index is 0.0791. The third-order valence-electron chi connectivity index (χ3n) is 4.94. The molecule has 0 bridgehead atoms. The van der Waals surface area contributed by atoms with Crippen LogP contribution in [0.25, 0.3) is 11.4 Å². The lowest BCUT2D eigenvalue weighted by molar-refractivity contribution is -0.118. The fourth-order valence-corrected chi connectivity index (χ4v) is 3.86. The molecule has 0 atom stereocenters. The Morgan fingerprint density at radius 1 is 1.09 bits per heavy atom. The number of hydrogen-bond donors (Lipinski definition) is 2. The maximum absolute atomic E-state index is 12.2. The van der Waals surface area contributed by atoms with Crippen molar-refractivity contribution in [3.05, 3.63) is 65.2 Å². The molecule has 0 unspecified atom stereocenters. The number of rotatable bonds is 8. The van der Waals surface area contributed by atoms with Crippen LogP contribution >= 0.6 is 11.8 Å². The number of aromatic carboxylic acids is 1. The maximum Gasteiger partial charge on any atom is 0.335 e. The summed E-state index contributed by atoms with van der Waals surface area (Å²) in [5, 5.41) is 22.1. The number of nitrogens with zero attached hydrogens (tertiary/aromatic N) is 4. The molecule has 9 heteroatoms. The monoisotopic (exact) mass is 465 g/mol. The van der Waals surface area contributed by atoms with Gasteiger partial charge in [0.25, 0.3) is 5.91 Å². The van der Waals surface area contributed by atoms with Gasteiger partial charge in [-0.3, -0.25) is 4.79 Å². The smallest absolute Gasteiger partial charge is 0.335 e. The van der Waals surface area contributed by atoms with Gasteiger partial charge in [-0.15, -0.1) is 10.2 Å². The molecule has 2 aromatic carbocycles. The molecule has 172 valence electrons. The molecular formula is C24H27N5O3S. The van der Waals surface area contributed by atoms with Crippen molar-refractivity contribution in [3.63, 3.8) is 0 Å². The van der Waals surface area contributed by atoms with Crippen molar-refractivity contribution >= 4 is 29.9 Å². The van der Waals surface area contributed by atoms with Crippen LogP contribution in [-0.2, 0) is 16.8 Å². The molecule has 1 heterocycles. The summed E-state index contributed by atoms with van der Waals surface area (Å²) in [6.45, 7) is 9.22. The van der Waals surface area contributed by atoms with Gasteiger partial charge in [0.15, 0.2) is 11.0 Å². The molecule has 0 aliphatic carbocycles. The van der Waals surface area contributed by atoms with Gasteiger partial charge in [0.2, 0.25) is 0 Å². The van der Waals surface area contributed by atoms with Crippen LogP contribution in [0.1, 0.15) is 49.2 Å². The van der Waals surface area contributed by atoms with E-state index in [2.05, 4.69) is 65.8 Å². The van der Waals surface area contributed by atoms with E-state index in [0.29, 0.717) is 17.3 Å². The molecule has 0 aliphatic rings. The van der Waals surface area contributed by atoms with E-state index < -0.39 is 5.97 Å². The van der Waals surface area contributed by atoms with Gasteiger partial charge in [-0.25, -0.2) is 10.2 Å². The van der Waals surface area contributed by atoms with Gasteiger partial charge < -0.3 is 9.67 Å². The van der Waals surface area contributed by atoms with Crippen molar-refractivity contribution in [1.29, 1.82) is 0 Å². The summed E-state index contributed by atoms with van der Waals surface area (Å²) >= 11 is 1.29. The molecule has 1 aromatic heterocycles. The van der Waals surface area contributed by atoms with Crippen LogP contribution < -0.4 is 5.43 Å². The molecule has 0 spiro atoms. The average Bonchev–Trinajstić information content (AvgIpc) is 3.20. The van der Waals surface area contributed by atoms with Crippen molar-refractivity contribution in [2.45, 2.75) is 44.8 Å². The first kappa shape index (κ1) is 24.2. The SMILES string of the molecule is CCn1c(SCC(=O)N/N=C\c2ccc(C(=O)O)cc2)nnc1-c1ccc(C(C)(C)C)cc1. The fraction of sp³-hybridized carbons (Fsp3) is 0.292. The van der Waals surface area contributed by atoms with Crippen molar-refractivity contribution in [3.8, 4) is 11.4 Å². The van der Waals surface area contributed by atoms with Gasteiger partial charge in [0, 0.05) is 12.1 Å². The number of thioether (sulfide) groups is 1. The summed E-state index contributed by atoms with van der Waals surface area (Å²) in [5.74, 6) is -0.367. The topological polar surface area (TPSA) is 109 Å². The Kier molecular flexibility index (Phi) is 7.65. The van der Waals surface area contributed by atoms with E-state index in [1.807, 2.05) is 11.5 Å². The van der Waals surface area contributed by atoms with Crippen LogP contribution in [-0.4, -0.2) is 43.7 Å². The highest BCUT2D eigenvalue weighted by molar-refractivity contribution is 7.99. The zero-order valence-electron chi connectivity index (χ0n) is 19.1. The first-order chi connectivity index (χ1) is 15.7. The Bertz CT molecular complexity index is 1150. The summed E-state index contributed by atoms with van der Waals surface area (Å²) in [5.41, 5.74) is 5.65. The second-order valence-corrected chi connectivity index (χ2v) is 9.33. The van der Waals surface area contributed by atoms with Gasteiger partial charge in [0.05, 0.1) is 17.5 Å². The zero-order valence-corrected chi connectivity index (χ0v) is 19.9. The number of hydrogen-bond acceptors (Lipinski definition) is 6. The number of hydrazone groups is 1. The van der Waals surface area contributed by atoms with Gasteiger partial charge in [-0.2, -0.15) is 5.10 Å². The number of benzene rings is 2. The van der Waals surface area contributed by atoms with Gasteiger partial charge in [-0.1, -0.05) is 68.9 Å². The van der Waals surface area contributed by atoms with Crippen LogP contribution in [0, 0.1) is 0 Å². The fourth-order valence-electron chi connectivity index (χ4n) is 3.07. The molecule has 0 aliphatic heterocycles. The summed E-state index contributed by atoms with van der Waals surface area (Å²) in [7, 11) is 0. The van der Waals surface area contributed by atoms with Crippen LogP contribution in [0.3, 0.4) is 0 Å². The second kappa shape index (κ2) is 10.4. The Balaban J connectivity index is 1.59. The highest BCUT2D eigenvalue weighted by Gasteiger charge is 2.17. The normalized spacial score (nSPS) is 11.6. The average molecular weight is 466 g/mol. The molecule has 1 amide bonds. The number of carbonyl (C=O) groups excluding carboxylic acids is 1. The number of nitrogens with one attached hydrogen (secondary N) is 1. The maximum atomic E-state index is 12.2. The number of carbonyl (C=O) groups is 2. The van der Waals surface area contributed by atoms with Crippen LogP contribution in [0.2, 0.25) is 0 Å². The molecule has 0 saturated carbocycles. The minimum atomic E-state index is -0.992. The van der Waals surface area contributed by atoms with Crippen LogP contribution in [0.15, 0.2) is 58.8 Å². The van der Waals surface area contributed by atoms with E-state index in [0.717, 1.165) is 11.4 Å². The van der Waals surface area contributed by atoms with E-state index in [9.17, 15) is 9.59 Å². The van der Waals surface area contributed by atoms with E-state index in [-0.39, 0.29) is 22.6 Å². The quantitative estimate of drug-likeness (QED) is 0.293. The molecule has 2 N–H and O–H groups in total. The molecule has 33 heavy (non-hydrogen) atoms. The van der Waals surface area contributed by atoms with Crippen molar-refractivity contribution in [2.24, 2.45) is 5.10 Å². The first-order valence-corrected chi connectivity index (χ1v) is 11.5. The van der Waals surface area contributed by atoms with Crippen molar-refractivity contribution in [1.82, 2.24) is 20.2 Å². The van der Waals surface area contributed by atoms with E-state index >= 15 is 0 Å². The van der Waals surface area contributed by atoms with E-state index in [1.54, 1.807) is 12.1 Å². The molecule has 3 rings (SSSR count). The summed E-state index contributed by atoms with van der Waals surface area (Å²) in [6.07, 6.45) is 1.46. The Hall–Kier alpha value is -3.46. The first-order valence-electron chi connectivity index (χ1n) is 10.5. The zero-order chi connectivity index (χ0) is 24.0. The van der Waals surface area contributed by atoms with Crippen LogP contribution in [0.5, 0.6) is 0 Å². The van der Waals surface area contributed by atoms with Gasteiger partial charge in [0.1, 0.15) is 0 Å². The van der Waals surface area contributed by atoms with Crippen molar-refractivity contribution in [2.75, 3.05) is 5.75 Å². The molecule has 8 nitrogen and oxygen atoms in total. The second-order valence-electron chi connectivity index (χ2n) is 8.39. The molecule has 0 saturated heterocycles. The summed E-state index contributed by atoms with van der Waals surface area (Å²) in [4.78, 5) is 23.1. The number of carboxylic acids is 1. The molecular weight excluding hydrogens is 438 g/mol. The molecule has 0 radical (unpaired) electrons. The lowest BCUT2D eigenvalue weighted by Crippen LogP contribution is -2.20. The van der Waals surface area contributed by atoms with Gasteiger partial charge in [-0.05, 0) is 35.6 Å². The third-order valence-corrected chi connectivity index (χ3v) is 5.90. The largest absolute Gasteiger partial charge is 0.478 e. The Labute approximate surface area is 197 Å². The van der Waals surface area contributed by atoms with Crippen molar-refractivity contribution < 1.29 is 14.7 Å². The predicted octanol–water partition coefficient (Wildman–Crippen LogP) is 4.20. The summed E-state index contributed by atoms with van der Waals surface area (Å²) < 4.78 is 1.98. The minimum Gasteiger partial charge on any atom is -0.478 e. The lowest BCUT2D eigenvalue weighted by Gasteiger charge is -2.19. The van der Waals surface area contributed by atoms with E-state index in [1.165, 1.54) is 35.7 Å². The van der Waals surface area contributed by atoms with Crippen LogP contribution in [0.4, 0.5) is 0 Å². The van der Waals surface area contributed by atoms with E-state index in [4.69, 9.17) is 5.11 Å². The highest BCUT2D eigenvalue weighted by atomic mass is 32.2. The number of carboxylic acid groups (broad SMARTS) is 1. The Morgan fingerprint density at radius 3 is 2.33 bits per heavy atom. The predicted molar refractivity (Wildman–Crippen MR) is 130 cm³/mol. The number of amides is 1. The van der Waals surface area contributed by atoms with Gasteiger partial charge >= 0.3 is 5.97 Å².